The average molecular weight is 592 g/mol. The van der Waals surface area contributed by atoms with Crippen LogP contribution in [0.25, 0.3) is 11.2 Å². The lowest BCUT2D eigenvalue weighted by atomic mass is 10.1. The molecular formula is C29H30FN7O6. The molecular weight excluding hydrogens is 561 g/mol. The molecule has 6 rings (SSSR count). The minimum Gasteiger partial charge on any atom is -0.478 e. The van der Waals surface area contributed by atoms with Gasteiger partial charge < -0.3 is 24.6 Å². The Labute approximate surface area is 245 Å². The molecule has 0 spiro atoms. The van der Waals surface area contributed by atoms with Crippen molar-refractivity contribution in [2.45, 2.75) is 44.3 Å². The quantitative estimate of drug-likeness (QED) is 0.264. The number of hydrogen-bond donors (Lipinski definition) is 3. The number of benzene rings is 2. The average Bonchev–Trinajstić information content (AvgIpc) is 3.70. The van der Waals surface area contributed by atoms with E-state index >= 15 is 0 Å². The highest BCUT2D eigenvalue weighted by Gasteiger charge is 2.54. The van der Waals surface area contributed by atoms with Crippen LogP contribution in [0.5, 0.6) is 0 Å². The number of carbonyl (C=O) groups excluding carboxylic acids is 1. The van der Waals surface area contributed by atoms with Crippen LogP contribution in [0.3, 0.4) is 0 Å². The Balaban J connectivity index is 1.29. The summed E-state index contributed by atoms with van der Waals surface area (Å²) in [6, 6.07) is 13.1. The number of hydrogen-bond acceptors (Lipinski definition) is 9. The van der Waals surface area contributed by atoms with Crippen molar-refractivity contribution < 1.29 is 33.3 Å². The topological polar surface area (TPSA) is 153 Å². The number of carboxylic acids is 1. The van der Waals surface area contributed by atoms with Crippen molar-refractivity contribution in [2.75, 3.05) is 25.5 Å². The van der Waals surface area contributed by atoms with Gasteiger partial charge in [-0.2, -0.15) is 0 Å². The molecule has 0 saturated carbocycles. The highest BCUT2D eigenvalue weighted by molar-refractivity contribution is 5.95. The standard InChI is InChI=1S/C29H30FN7O6/c1-3-31-29(40)35-24-21-25(33-14-32-24)37(15-34-21)26-23-22(42-28(43-23)16-8-5-4-6-9-16)20(41-26)13-36(2)12-18-17(27(38)39)10-7-11-19(18)30/h4-11,14-15,20,22-23,26,28H,3,12-13H2,1-2H3,(H,38,39)(H2,31,32,33,35,40)/t20?,22?,23?,26?,28-/m0/s1. The number of aromatic nitrogens is 4. The van der Waals surface area contributed by atoms with E-state index in [9.17, 15) is 19.1 Å². The zero-order valence-electron chi connectivity index (χ0n) is 23.4. The van der Waals surface area contributed by atoms with E-state index in [2.05, 4.69) is 25.6 Å². The SMILES string of the molecule is CCNC(=O)Nc1ncnc2c1ncn2C1OC(CN(C)Cc2c(F)cccc2C(=O)O)C2O[C@H](c3ccccc3)OC21. The number of anilines is 1. The molecule has 43 heavy (non-hydrogen) atoms. The van der Waals surface area contributed by atoms with Crippen molar-refractivity contribution in [2.24, 2.45) is 0 Å². The number of halogens is 1. The number of carbonyl (C=O) groups is 2. The molecule has 14 heteroatoms. The smallest absolute Gasteiger partial charge is 0.336 e. The van der Waals surface area contributed by atoms with E-state index < -0.39 is 48.6 Å². The van der Waals surface area contributed by atoms with Gasteiger partial charge in [0.2, 0.25) is 0 Å². The second kappa shape index (κ2) is 12.0. The fraction of sp³-hybridized carbons (Fsp3) is 0.345. The molecule has 13 nitrogen and oxygen atoms in total. The van der Waals surface area contributed by atoms with Crippen LogP contribution < -0.4 is 10.6 Å². The lowest BCUT2D eigenvalue weighted by Gasteiger charge is -2.25. The predicted molar refractivity (Wildman–Crippen MR) is 151 cm³/mol. The van der Waals surface area contributed by atoms with Crippen molar-refractivity contribution in [3.8, 4) is 0 Å². The van der Waals surface area contributed by atoms with E-state index in [0.717, 1.165) is 5.56 Å². The Morgan fingerprint density at radius 1 is 1.05 bits per heavy atom. The van der Waals surface area contributed by atoms with Crippen molar-refractivity contribution in [3.05, 3.63) is 83.7 Å². The summed E-state index contributed by atoms with van der Waals surface area (Å²) < 4.78 is 35.7. The van der Waals surface area contributed by atoms with Crippen LogP contribution in [0.4, 0.5) is 15.0 Å². The Bertz CT molecular complexity index is 1640. The fourth-order valence-corrected chi connectivity index (χ4v) is 5.48. The molecule has 4 unspecified atom stereocenters. The van der Waals surface area contributed by atoms with Crippen molar-refractivity contribution in [1.82, 2.24) is 29.7 Å². The second-order valence-electron chi connectivity index (χ2n) is 10.3. The molecule has 2 aromatic carbocycles. The molecule has 2 amide bonds. The third-order valence-corrected chi connectivity index (χ3v) is 7.39. The van der Waals surface area contributed by atoms with E-state index in [1.165, 1.54) is 24.5 Å². The number of rotatable bonds is 9. The van der Waals surface area contributed by atoms with Gasteiger partial charge in [-0.25, -0.2) is 28.9 Å². The zero-order chi connectivity index (χ0) is 30.1. The van der Waals surface area contributed by atoms with Gasteiger partial charge >= 0.3 is 12.0 Å². The Hall–Kier alpha value is -4.50. The van der Waals surface area contributed by atoms with Crippen LogP contribution in [0.15, 0.2) is 61.2 Å². The number of imidazole rings is 1. The minimum atomic E-state index is -1.20. The maximum Gasteiger partial charge on any atom is 0.336 e. The first-order valence-electron chi connectivity index (χ1n) is 13.8. The molecule has 0 radical (unpaired) electrons. The van der Waals surface area contributed by atoms with Crippen LogP contribution in [0, 0.1) is 5.82 Å². The van der Waals surface area contributed by atoms with E-state index in [-0.39, 0.29) is 30.0 Å². The zero-order valence-corrected chi connectivity index (χ0v) is 23.4. The molecule has 4 heterocycles. The van der Waals surface area contributed by atoms with Crippen LogP contribution in [0.2, 0.25) is 0 Å². The Morgan fingerprint density at radius 2 is 1.84 bits per heavy atom. The van der Waals surface area contributed by atoms with E-state index in [0.29, 0.717) is 17.7 Å². The molecule has 2 aliphatic heterocycles. The number of aromatic carboxylic acids is 1. The number of ether oxygens (including phenoxy) is 3. The summed E-state index contributed by atoms with van der Waals surface area (Å²) in [6.45, 7) is 2.56. The molecule has 2 saturated heterocycles. The van der Waals surface area contributed by atoms with E-state index in [1.807, 2.05) is 30.3 Å². The first kappa shape index (κ1) is 28.6. The van der Waals surface area contributed by atoms with Crippen molar-refractivity contribution in [1.29, 1.82) is 0 Å². The van der Waals surface area contributed by atoms with Crippen LogP contribution in [-0.4, -0.2) is 80.0 Å². The van der Waals surface area contributed by atoms with Crippen molar-refractivity contribution in [3.63, 3.8) is 0 Å². The van der Waals surface area contributed by atoms with Gasteiger partial charge in [0.05, 0.1) is 11.9 Å². The predicted octanol–water partition coefficient (Wildman–Crippen LogP) is 3.32. The molecule has 0 aliphatic carbocycles. The molecule has 5 atom stereocenters. The first-order valence-corrected chi connectivity index (χ1v) is 13.8. The maximum atomic E-state index is 14.7. The maximum absolute atomic E-state index is 14.7. The molecule has 0 bridgehead atoms. The summed E-state index contributed by atoms with van der Waals surface area (Å²) in [6.07, 6.45) is -0.123. The van der Waals surface area contributed by atoms with Gasteiger partial charge in [0.1, 0.15) is 30.5 Å². The lowest BCUT2D eigenvalue weighted by molar-refractivity contribution is -0.150. The normalized spacial score (nSPS) is 23.0. The number of nitrogens with one attached hydrogen (secondary N) is 2. The molecule has 2 aliphatic rings. The Morgan fingerprint density at radius 3 is 2.60 bits per heavy atom. The summed E-state index contributed by atoms with van der Waals surface area (Å²) in [4.78, 5) is 38.7. The number of likely N-dealkylation sites (N-methyl/N-ethyl adjacent to an activating group) is 1. The largest absolute Gasteiger partial charge is 0.478 e. The van der Waals surface area contributed by atoms with Crippen LogP contribution in [0.1, 0.15) is 40.9 Å². The number of fused-ring (bicyclic) bond motifs is 2. The fourth-order valence-electron chi connectivity index (χ4n) is 5.48. The molecule has 2 fully saturated rings. The third kappa shape index (κ3) is 5.64. The molecule has 3 N–H and O–H groups in total. The Kier molecular flexibility index (Phi) is 7.99. The minimum absolute atomic E-state index is 0.0370. The van der Waals surface area contributed by atoms with E-state index in [4.69, 9.17) is 14.2 Å². The molecule has 2 aromatic heterocycles. The number of nitrogens with zero attached hydrogens (tertiary/aromatic N) is 5. The molecule has 224 valence electrons. The van der Waals surface area contributed by atoms with Gasteiger partial charge in [-0.1, -0.05) is 36.4 Å². The second-order valence-corrected chi connectivity index (χ2v) is 10.3. The third-order valence-electron chi connectivity index (χ3n) is 7.39. The van der Waals surface area contributed by atoms with Crippen LogP contribution >= 0.6 is 0 Å². The summed E-state index contributed by atoms with van der Waals surface area (Å²) in [5.41, 5.74) is 1.61. The highest BCUT2D eigenvalue weighted by Crippen LogP contribution is 2.45. The monoisotopic (exact) mass is 591 g/mol. The molecule has 4 aromatic rings. The summed E-state index contributed by atoms with van der Waals surface area (Å²) >= 11 is 0. The number of carboxylic acid groups (broad SMARTS) is 1. The van der Waals surface area contributed by atoms with Gasteiger partial charge in [-0.15, -0.1) is 0 Å². The van der Waals surface area contributed by atoms with E-state index in [1.54, 1.807) is 29.8 Å². The van der Waals surface area contributed by atoms with Gasteiger partial charge in [-0.05, 0) is 26.1 Å². The highest BCUT2D eigenvalue weighted by atomic mass is 19.1. The van der Waals surface area contributed by atoms with Crippen LogP contribution in [-0.2, 0) is 20.8 Å². The first-order chi connectivity index (χ1) is 20.8. The van der Waals surface area contributed by atoms with Gasteiger partial charge in [0, 0.05) is 30.8 Å². The number of amides is 2. The summed E-state index contributed by atoms with van der Waals surface area (Å²) in [5.74, 6) is -1.56. The lowest BCUT2D eigenvalue weighted by Crippen LogP contribution is -2.37. The van der Waals surface area contributed by atoms with Crippen molar-refractivity contribution >= 4 is 29.0 Å². The van der Waals surface area contributed by atoms with Gasteiger partial charge in [0.15, 0.2) is 29.5 Å². The number of urea groups is 1. The van der Waals surface area contributed by atoms with Gasteiger partial charge in [0.25, 0.3) is 0 Å². The van der Waals surface area contributed by atoms with Gasteiger partial charge in [-0.3, -0.25) is 14.8 Å². The summed E-state index contributed by atoms with van der Waals surface area (Å²) in [7, 11) is 1.76. The summed E-state index contributed by atoms with van der Waals surface area (Å²) in [5, 5.41) is 14.9.